The second kappa shape index (κ2) is 4.88. The number of H-pyrrole nitrogens is 1. The van der Waals surface area contributed by atoms with Gasteiger partial charge in [-0.2, -0.15) is 0 Å². The summed E-state index contributed by atoms with van der Waals surface area (Å²) >= 11 is 3.57. The Morgan fingerprint density at radius 2 is 1.96 bits per heavy atom. The van der Waals surface area contributed by atoms with E-state index in [1.54, 1.807) is 7.11 Å². The van der Waals surface area contributed by atoms with Gasteiger partial charge >= 0.3 is 0 Å². The van der Waals surface area contributed by atoms with Crippen molar-refractivity contribution in [2.24, 2.45) is 0 Å². The average Bonchev–Trinajstić information content (AvgIpc) is 2.85. The molecule has 3 heteroatoms. The number of nitrogens with one attached hydrogen (secondary N) is 1. The van der Waals surface area contributed by atoms with Crippen LogP contribution >= 0.6 is 15.9 Å². The topological polar surface area (TPSA) is 25.0 Å². The maximum atomic E-state index is 5.55. The molecule has 1 N–H and O–H groups in total. The highest BCUT2D eigenvalue weighted by atomic mass is 79.9. The molecule has 1 aliphatic rings. The highest BCUT2D eigenvalue weighted by Crippen LogP contribution is 2.45. The predicted octanol–water partition coefficient (Wildman–Crippen LogP) is 5.48. The third kappa shape index (κ3) is 2.06. The molecule has 0 aliphatic heterocycles. The van der Waals surface area contributed by atoms with E-state index in [1.807, 2.05) is 0 Å². The van der Waals surface area contributed by atoms with Crippen molar-refractivity contribution in [3.05, 3.63) is 62.8 Å². The van der Waals surface area contributed by atoms with Crippen molar-refractivity contribution in [1.82, 2.24) is 4.98 Å². The molecular formula is C20H20BrNO. The number of methoxy groups -OCH3 is 1. The normalized spacial score (nSPS) is 15.3. The molecule has 118 valence electrons. The SMILES string of the molecule is COc1cc2c(cc1C)Cc1c([nH]c3cc(Br)ccc13)C2(C)C. The Bertz CT molecular complexity index is 936. The number of ether oxygens (including phenoxy) is 1. The molecule has 0 spiro atoms. The van der Waals surface area contributed by atoms with E-state index in [1.165, 1.54) is 38.9 Å². The van der Waals surface area contributed by atoms with Gasteiger partial charge in [-0.1, -0.05) is 41.9 Å². The molecule has 0 atom stereocenters. The standard InChI is InChI=1S/C20H20BrNO/c1-11-7-12-8-15-14-6-5-13(21)9-17(14)22-19(15)20(2,3)16(12)10-18(11)23-4/h5-7,9-10,22H,8H2,1-4H3. The summed E-state index contributed by atoms with van der Waals surface area (Å²) in [4.78, 5) is 3.67. The van der Waals surface area contributed by atoms with E-state index in [4.69, 9.17) is 4.74 Å². The average molecular weight is 370 g/mol. The minimum absolute atomic E-state index is 0.0601. The first-order valence-corrected chi connectivity index (χ1v) is 8.69. The van der Waals surface area contributed by atoms with Crippen molar-refractivity contribution in [3.63, 3.8) is 0 Å². The van der Waals surface area contributed by atoms with E-state index < -0.39 is 0 Å². The molecule has 0 radical (unpaired) electrons. The minimum atomic E-state index is -0.0601. The number of fused-ring (bicyclic) bond motifs is 4. The Morgan fingerprint density at radius 1 is 1.17 bits per heavy atom. The maximum Gasteiger partial charge on any atom is 0.122 e. The summed E-state index contributed by atoms with van der Waals surface area (Å²) in [5, 5.41) is 1.33. The van der Waals surface area contributed by atoms with Crippen LogP contribution in [-0.2, 0) is 11.8 Å². The number of aryl methyl sites for hydroxylation is 1. The quantitative estimate of drug-likeness (QED) is 0.603. The Labute approximate surface area is 145 Å². The Kier molecular flexibility index (Phi) is 3.14. The Morgan fingerprint density at radius 3 is 2.70 bits per heavy atom. The highest BCUT2D eigenvalue weighted by molar-refractivity contribution is 9.10. The fraction of sp³-hybridized carbons (Fsp3) is 0.300. The minimum Gasteiger partial charge on any atom is -0.496 e. The molecule has 3 aromatic rings. The summed E-state index contributed by atoms with van der Waals surface area (Å²) in [5.74, 6) is 0.971. The van der Waals surface area contributed by atoms with Crippen molar-refractivity contribution in [3.8, 4) is 5.75 Å². The maximum absolute atomic E-state index is 5.55. The van der Waals surface area contributed by atoms with Gasteiger partial charge in [0.25, 0.3) is 0 Å². The van der Waals surface area contributed by atoms with E-state index in [-0.39, 0.29) is 5.41 Å². The van der Waals surface area contributed by atoms with Crippen LogP contribution in [0.3, 0.4) is 0 Å². The second-order valence-corrected chi connectivity index (χ2v) is 7.86. The van der Waals surface area contributed by atoms with Crippen molar-refractivity contribution in [1.29, 1.82) is 0 Å². The van der Waals surface area contributed by atoms with Crippen molar-refractivity contribution in [2.75, 3.05) is 7.11 Å². The van der Waals surface area contributed by atoms with E-state index >= 15 is 0 Å². The zero-order chi connectivity index (χ0) is 16.4. The molecule has 0 unspecified atom stereocenters. The number of aromatic nitrogens is 1. The van der Waals surface area contributed by atoms with E-state index in [9.17, 15) is 0 Å². The number of rotatable bonds is 1. The molecule has 0 bridgehead atoms. The molecule has 0 saturated carbocycles. The molecule has 23 heavy (non-hydrogen) atoms. The summed E-state index contributed by atoms with van der Waals surface area (Å²) in [6, 6.07) is 11.0. The summed E-state index contributed by atoms with van der Waals surface area (Å²) in [5.41, 5.74) is 7.86. The van der Waals surface area contributed by atoms with Gasteiger partial charge in [-0.25, -0.2) is 0 Å². The Balaban J connectivity index is 2.00. The summed E-state index contributed by atoms with van der Waals surface area (Å²) in [6.45, 7) is 6.71. The molecule has 2 aromatic carbocycles. The molecule has 0 amide bonds. The van der Waals surface area contributed by atoms with Gasteiger partial charge < -0.3 is 9.72 Å². The van der Waals surface area contributed by atoms with Gasteiger partial charge in [0.2, 0.25) is 0 Å². The van der Waals surface area contributed by atoms with Gasteiger partial charge in [-0.3, -0.25) is 0 Å². The van der Waals surface area contributed by atoms with Crippen molar-refractivity contribution >= 4 is 26.8 Å². The fourth-order valence-electron chi connectivity index (χ4n) is 3.97. The lowest BCUT2D eigenvalue weighted by molar-refractivity contribution is 0.409. The van der Waals surface area contributed by atoms with E-state index in [0.29, 0.717) is 0 Å². The van der Waals surface area contributed by atoms with Crippen LogP contribution in [0.5, 0.6) is 5.75 Å². The number of halogens is 1. The smallest absolute Gasteiger partial charge is 0.122 e. The fourth-order valence-corrected chi connectivity index (χ4v) is 4.33. The van der Waals surface area contributed by atoms with Crippen LogP contribution in [0.4, 0.5) is 0 Å². The van der Waals surface area contributed by atoms with Crippen LogP contribution in [0.15, 0.2) is 34.8 Å². The van der Waals surface area contributed by atoms with Gasteiger partial charge in [0.15, 0.2) is 0 Å². The van der Waals surface area contributed by atoms with Crippen LogP contribution < -0.4 is 4.74 Å². The zero-order valence-corrected chi connectivity index (χ0v) is 15.5. The van der Waals surface area contributed by atoms with Crippen molar-refractivity contribution in [2.45, 2.75) is 32.6 Å². The lowest BCUT2D eigenvalue weighted by atomic mass is 9.71. The van der Waals surface area contributed by atoms with E-state index in [2.05, 4.69) is 72.0 Å². The van der Waals surface area contributed by atoms with Gasteiger partial charge in [0.1, 0.15) is 5.75 Å². The third-order valence-electron chi connectivity index (χ3n) is 5.15. The second-order valence-electron chi connectivity index (χ2n) is 6.95. The van der Waals surface area contributed by atoms with Crippen LogP contribution in [-0.4, -0.2) is 12.1 Å². The zero-order valence-electron chi connectivity index (χ0n) is 13.9. The molecular weight excluding hydrogens is 350 g/mol. The molecule has 4 rings (SSSR count). The van der Waals surface area contributed by atoms with Crippen molar-refractivity contribution < 1.29 is 4.74 Å². The molecule has 0 fully saturated rings. The molecule has 1 aromatic heterocycles. The van der Waals surface area contributed by atoms with Crippen LogP contribution in [0.1, 0.15) is 41.8 Å². The first-order valence-electron chi connectivity index (χ1n) is 7.90. The lowest BCUT2D eigenvalue weighted by Crippen LogP contribution is -2.27. The molecule has 1 aliphatic carbocycles. The summed E-state index contributed by atoms with van der Waals surface area (Å²) in [7, 11) is 1.75. The number of hydrogen-bond acceptors (Lipinski definition) is 1. The summed E-state index contributed by atoms with van der Waals surface area (Å²) < 4.78 is 6.66. The monoisotopic (exact) mass is 369 g/mol. The molecule has 0 saturated heterocycles. The number of hydrogen-bond donors (Lipinski definition) is 1. The largest absolute Gasteiger partial charge is 0.496 e. The van der Waals surface area contributed by atoms with Gasteiger partial charge in [-0.15, -0.1) is 0 Å². The first kappa shape index (κ1) is 14.8. The van der Waals surface area contributed by atoms with Crippen LogP contribution in [0.2, 0.25) is 0 Å². The summed E-state index contributed by atoms with van der Waals surface area (Å²) in [6.07, 6.45) is 0.973. The third-order valence-corrected chi connectivity index (χ3v) is 5.65. The number of benzene rings is 2. The Hall–Kier alpha value is -1.74. The van der Waals surface area contributed by atoms with Crippen LogP contribution in [0.25, 0.3) is 10.9 Å². The first-order chi connectivity index (χ1) is 10.9. The lowest BCUT2D eigenvalue weighted by Gasteiger charge is -2.33. The predicted molar refractivity (Wildman–Crippen MR) is 98.7 cm³/mol. The van der Waals surface area contributed by atoms with Crippen LogP contribution in [0, 0.1) is 6.92 Å². The molecule has 1 heterocycles. The van der Waals surface area contributed by atoms with Gasteiger partial charge in [0, 0.05) is 32.9 Å². The van der Waals surface area contributed by atoms with Gasteiger partial charge in [0.05, 0.1) is 7.11 Å². The number of aromatic amines is 1. The van der Waals surface area contributed by atoms with E-state index in [0.717, 1.165) is 16.6 Å². The van der Waals surface area contributed by atoms with Gasteiger partial charge in [-0.05, 0) is 47.4 Å². The molecule has 2 nitrogen and oxygen atoms in total. The highest BCUT2D eigenvalue weighted by Gasteiger charge is 2.35.